The molecule has 0 bridgehead atoms. The van der Waals surface area contributed by atoms with Crippen LogP contribution in [-0.2, 0) is 20.8 Å². The normalized spacial score (nSPS) is 14.5. The smallest absolute Gasteiger partial charge is 0.181 e. The first kappa shape index (κ1) is 13.9. The summed E-state index contributed by atoms with van der Waals surface area (Å²) >= 11 is 0. The maximum Gasteiger partial charge on any atom is 0.181 e. The molecule has 0 aromatic carbocycles. The first-order valence-electron chi connectivity index (χ1n) is 5.42. The molecule has 96 valence electrons. The molecule has 0 amide bonds. The lowest BCUT2D eigenvalue weighted by molar-refractivity contribution is -0.0735. The molecule has 0 radical (unpaired) electrons. The summed E-state index contributed by atoms with van der Waals surface area (Å²) in [5.74, 6) is 0. The summed E-state index contributed by atoms with van der Waals surface area (Å²) in [4.78, 5) is 11.0. The number of nitrogens with zero attached hydrogens (tertiary/aromatic N) is 1. The largest absolute Gasteiger partial charge is 0.382 e. The van der Waals surface area contributed by atoms with E-state index in [-0.39, 0.29) is 17.6 Å². The second-order valence-electron chi connectivity index (χ2n) is 3.73. The maximum atomic E-state index is 11.0. The van der Waals surface area contributed by atoms with Crippen LogP contribution in [0.25, 0.3) is 0 Å². The standard InChI is InChI=1S/C12H19NO4/c1-15-9-12(17-3)11(16-2)8-13-6-4-10(14)5-7-13/h4-7,11-12H,8-9H2,1-3H3/t11-,12?/m0/s1. The lowest BCUT2D eigenvalue weighted by atomic mass is 10.2. The number of pyridine rings is 1. The summed E-state index contributed by atoms with van der Waals surface area (Å²) in [6.45, 7) is 1.08. The highest BCUT2D eigenvalue weighted by Gasteiger charge is 2.20. The van der Waals surface area contributed by atoms with Crippen molar-refractivity contribution in [1.29, 1.82) is 0 Å². The summed E-state index contributed by atoms with van der Waals surface area (Å²) in [6.07, 6.45) is 3.20. The van der Waals surface area contributed by atoms with Gasteiger partial charge in [0.05, 0.1) is 13.2 Å². The van der Waals surface area contributed by atoms with E-state index in [4.69, 9.17) is 14.2 Å². The van der Waals surface area contributed by atoms with Crippen LogP contribution in [0.5, 0.6) is 0 Å². The van der Waals surface area contributed by atoms with Crippen LogP contribution in [0.3, 0.4) is 0 Å². The minimum absolute atomic E-state index is 0.00426. The molecule has 0 aliphatic carbocycles. The van der Waals surface area contributed by atoms with Crippen molar-refractivity contribution >= 4 is 0 Å². The molecule has 0 saturated heterocycles. The quantitative estimate of drug-likeness (QED) is 0.698. The second kappa shape index (κ2) is 7.21. The Hall–Kier alpha value is -1.17. The molecule has 0 aliphatic heterocycles. The minimum atomic E-state index is -0.135. The Kier molecular flexibility index (Phi) is 5.90. The molecular weight excluding hydrogens is 222 g/mol. The van der Waals surface area contributed by atoms with E-state index in [1.807, 2.05) is 4.57 Å². The maximum absolute atomic E-state index is 11.0. The van der Waals surface area contributed by atoms with E-state index in [1.54, 1.807) is 33.7 Å². The Balaban J connectivity index is 2.67. The highest BCUT2D eigenvalue weighted by molar-refractivity contribution is 4.94. The fourth-order valence-corrected chi connectivity index (χ4v) is 1.61. The predicted molar refractivity (Wildman–Crippen MR) is 64.2 cm³/mol. The molecule has 0 spiro atoms. The third-order valence-electron chi connectivity index (χ3n) is 2.60. The number of ether oxygens (including phenoxy) is 3. The van der Waals surface area contributed by atoms with Crippen LogP contribution in [0.15, 0.2) is 29.3 Å². The van der Waals surface area contributed by atoms with E-state index in [9.17, 15) is 4.79 Å². The van der Waals surface area contributed by atoms with Gasteiger partial charge >= 0.3 is 0 Å². The summed E-state index contributed by atoms with van der Waals surface area (Å²) in [5.41, 5.74) is -0.00426. The van der Waals surface area contributed by atoms with E-state index in [1.165, 1.54) is 12.1 Å². The van der Waals surface area contributed by atoms with E-state index in [0.29, 0.717) is 13.2 Å². The molecule has 1 rings (SSSR count). The lowest BCUT2D eigenvalue weighted by Gasteiger charge is -2.25. The number of hydrogen-bond donors (Lipinski definition) is 0. The third-order valence-corrected chi connectivity index (χ3v) is 2.60. The topological polar surface area (TPSA) is 49.7 Å². The fourth-order valence-electron chi connectivity index (χ4n) is 1.61. The highest BCUT2D eigenvalue weighted by Crippen LogP contribution is 2.06. The first-order chi connectivity index (χ1) is 8.21. The van der Waals surface area contributed by atoms with Crippen LogP contribution in [0.2, 0.25) is 0 Å². The molecule has 1 unspecified atom stereocenters. The molecule has 0 aliphatic rings. The predicted octanol–water partition coefficient (Wildman–Crippen LogP) is 0.525. The molecule has 1 heterocycles. The van der Waals surface area contributed by atoms with E-state index in [0.717, 1.165) is 0 Å². The van der Waals surface area contributed by atoms with Crippen molar-refractivity contribution in [3.05, 3.63) is 34.7 Å². The minimum Gasteiger partial charge on any atom is -0.382 e. The summed E-state index contributed by atoms with van der Waals surface area (Å²) in [5, 5.41) is 0. The molecule has 0 saturated carbocycles. The Labute approximate surface area is 101 Å². The number of hydrogen-bond acceptors (Lipinski definition) is 4. The van der Waals surface area contributed by atoms with Crippen molar-refractivity contribution in [3.8, 4) is 0 Å². The Morgan fingerprint density at radius 2 is 1.71 bits per heavy atom. The number of aromatic nitrogens is 1. The number of methoxy groups -OCH3 is 3. The molecule has 0 fully saturated rings. The monoisotopic (exact) mass is 241 g/mol. The molecule has 1 aromatic rings. The summed E-state index contributed by atoms with van der Waals surface area (Å²) in [6, 6.07) is 3.04. The average molecular weight is 241 g/mol. The van der Waals surface area contributed by atoms with Gasteiger partial charge in [-0.2, -0.15) is 0 Å². The van der Waals surface area contributed by atoms with Crippen LogP contribution in [0.4, 0.5) is 0 Å². The van der Waals surface area contributed by atoms with Gasteiger partial charge in [0, 0.05) is 45.9 Å². The van der Waals surface area contributed by atoms with Crippen molar-refractivity contribution < 1.29 is 14.2 Å². The Morgan fingerprint density at radius 3 is 2.18 bits per heavy atom. The van der Waals surface area contributed by atoms with Crippen LogP contribution in [-0.4, -0.2) is 44.7 Å². The van der Waals surface area contributed by atoms with Gasteiger partial charge in [0.15, 0.2) is 5.43 Å². The zero-order valence-electron chi connectivity index (χ0n) is 10.5. The van der Waals surface area contributed by atoms with Crippen molar-refractivity contribution in [2.24, 2.45) is 0 Å². The lowest BCUT2D eigenvalue weighted by Crippen LogP contribution is -2.37. The highest BCUT2D eigenvalue weighted by atomic mass is 16.6. The third kappa shape index (κ3) is 4.30. The summed E-state index contributed by atoms with van der Waals surface area (Å²) < 4.78 is 17.7. The zero-order valence-corrected chi connectivity index (χ0v) is 10.5. The van der Waals surface area contributed by atoms with E-state index < -0.39 is 0 Å². The fraction of sp³-hybridized carbons (Fsp3) is 0.583. The second-order valence-corrected chi connectivity index (χ2v) is 3.73. The molecule has 17 heavy (non-hydrogen) atoms. The van der Waals surface area contributed by atoms with Gasteiger partial charge in [0.1, 0.15) is 12.2 Å². The molecular formula is C12H19NO4. The van der Waals surface area contributed by atoms with Crippen LogP contribution < -0.4 is 5.43 Å². The molecule has 0 N–H and O–H groups in total. The van der Waals surface area contributed by atoms with E-state index >= 15 is 0 Å². The number of rotatable bonds is 7. The van der Waals surface area contributed by atoms with Crippen molar-refractivity contribution in [1.82, 2.24) is 4.57 Å². The Bertz CT molecular complexity index is 357. The van der Waals surface area contributed by atoms with Crippen molar-refractivity contribution in [2.45, 2.75) is 18.8 Å². The molecule has 1 aromatic heterocycles. The van der Waals surface area contributed by atoms with Gasteiger partial charge in [-0.25, -0.2) is 0 Å². The van der Waals surface area contributed by atoms with Crippen LogP contribution in [0.1, 0.15) is 0 Å². The van der Waals surface area contributed by atoms with Gasteiger partial charge in [-0.1, -0.05) is 0 Å². The summed E-state index contributed by atoms with van der Waals surface area (Å²) in [7, 11) is 4.88. The van der Waals surface area contributed by atoms with Gasteiger partial charge in [0.2, 0.25) is 0 Å². The van der Waals surface area contributed by atoms with Gasteiger partial charge in [-0.3, -0.25) is 4.79 Å². The van der Waals surface area contributed by atoms with Gasteiger partial charge < -0.3 is 18.8 Å². The van der Waals surface area contributed by atoms with Gasteiger partial charge in [-0.05, 0) is 0 Å². The molecule has 5 heteroatoms. The first-order valence-corrected chi connectivity index (χ1v) is 5.42. The average Bonchev–Trinajstić information content (AvgIpc) is 2.36. The Morgan fingerprint density at radius 1 is 1.12 bits per heavy atom. The van der Waals surface area contributed by atoms with Crippen LogP contribution >= 0.6 is 0 Å². The van der Waals surface area contributed by atoms with Crippen molar-refractivity contribution in [3.63, 3.8) is 0 Å². The zero-order chi connectivity index (χ0) is 12.7. The van der Waals surface area contributed by atoms with Gasteiger partial charge in [-0.15, -0.1) is 0 Å². The van der Waals surface area contributed by atoms with Crippen molar-refractivity contribution in [2.75, 3.05) is 27.9 Å². The SMILES string of the molecule is COCC(OC)[C@H](Cn1ccc(=O)cc1)OC. The molecule has 2 atom stereocenters. The van der Waals surface area contributed by atoms with E-state index in [2.05, 4.69) is 0 Å². The van der Waals surface area contributed by atoms with Crippen LogP contribution in [0, 0.1) is 0 Å². The van der Waals surface area contributed by atoms with Gasteiger partial charge in [0.25, 0.3) is 0 Å². The molecule has 5 nitrogen and oxygen atoms in total.